The highest BCUT2D eigenvalue weighted by Gasteiger charge is 2.36. The van der Waals surface area contributed by atoms with E-state index >= 15 is 0 Å². The molecule has 0 saturated carbocycles. The zero-order chi connectivity index (χ0) is 23.8. The van der Waals surface area contributed by atoms with Crippen molar-refractivity contribution in [3.05, 3.63) is 47.7 Å². The van der Waals surface area contributed by atoms with Crippen molar-refractivity contribution >= 4 is 17.1 Å². The molecular formula is C23H20F2N6O2. The molecule has 0 aromatic carbocycles. The number of piperidine rings is 1. The van der Waals surface area contributed by atoms with Crippen LogP contribution in [0.15, 0.2) is 30.6 Å². The van der Waals surface area contributed by atoms with Gasteiger partial charge in [-0.2, -0.15) is 5.26 Å². The summed E-state index contributed by atoms with van der Waals surface area (Å²) in [5.74, 6) is 2.65. The van der Waals surface area contributed by atoms with Crippen molar-refractivity contribution < 1.29 is 18.7 Å². The average Bonchev–Trinajstić information content (AvgIpc) is 3.14. The molecule has 1 aliphatic rings. The van der Waals surface area contributed by atoms with Gasteiger partial charge in [0.25, 0.3) is 11.8 Å². The van der Waals surface area contributed by atoms with Crippen LogP contribution in [0.1, 0.15) is 48.6 Å². The van der Waals surface area contributed by atoms with Crippen LogP contribution >= 0.6 is 0 Å². The summed E-state index contributed by atoms with van der Waals surface area (Å²) in [7, 11) is 0. The highest BCUT2D eigenvalue weighted by Crippen LogP contribution is 2.29. The van der Waals surface area contributed by atoms with Gasteiger partial charge < -0.3 is 10.0 Å². The van der Waals surface area contributed by atoms with Crippen molar-refractivity contribution in [1.29, 1.82) is 5.26 Å². The van der Waals surface area contributed by atoms with E-state index in [1.54, 1.807) is 22.8 Å². The molecule has 3 aromatic heterocycles. The number of pyridine rings is 2. The number of nitriles is 1. The molecule has 8 nitrogen and oxygen atoms in total. The zero-order valence-corrected chi connectivity index (χ0v) is 18.0. The second-order valence-corrected chi connectivity index (χ2v) is 8.31. The van der Waals surface area contributed by atoms with Crippen LogP contribution in [0.3, 0.4) is 0 Å². The van der Waals surface area contributed by atoms with Crippen LogP contribution in [0.25, 0.3) is 16.9 Å². The molecule has 168 valence electrons. The normalized spacial score (nSPS) is 15.6. The number of fused-ring (bicyclic) bond motifs is 1. The smallest absolute Gasteiger partial charge is 0.255 e. The lowest BCUT2D eigenvalue weighted by molar-refractivity contribution is -0.0494. The van der Waals surface area contributed by atoms with Gasteiger partial charge in [0.2, 0.25) is 0 Å². The summed E-state index contributed by atoms with van der Waals surface area (Å²) in [5.41, 5.74) is 0.506. The van der Waals surface area contributed by atoms with E-state index in [1.807, 2.05) is 6.07 Å². The van der Waals surface area contributed by atoms with Crippen molar-refractivity contribution in [2.45, 2.75) is 38.2 Å². The van der Waals surface area contributed by atoms with Crippen LogP contribution in [-0.4, -0.2) is 60.0 Å². The van der Waals surface area contributed by atoms with E-state index in [1.165, 1.54) is 31.1 Å². The first-order valence-corrected chi connectivity index (χ1v) is 10.2. The number of aliphatic hydroxyl groups is 1. The minimum absolute atomic E-state index is 0.0302. The molecule has 1 fully saturated rings. The van der Waals surface area contributed by atoms with E-state index in [0.29, 0.717) is 16.9 Å². The van der Waals surface area contributed by atoms with Crippen LogP contribution in [0.5, 0.6) is 0 Å². The Morgan fingerprint density at radius 3 is 2.55 bits per heavy atom. The molecule has 4 heterocycles. The van der Waals surface area contributed by atoms with Crippen molar-refractivity contribution in [3.63, 3.8) is 0 Å². The van der Waals surface area contributed by atoms with E-state index in [4.69, 9.17) is 5.26 Å². The number of carbonyl (C=O) groups is 1. The lowest BCUT2D eigenvalue weighted by Gasteiger charge is -2.31. The van der Waals surface area contributed by atoms with Crippen molar-refractivity contribution in [1.82, 2.24) is 24.4 Å². The molecular weight excluding hydrogens is 430 g/mol. The number of halogens is 2. The summed E-state index contributed by atoms with van der Waals surface area (Å²) in [6.45, 7) is 3.01. The van der Waals surface area contributed by atoms with Crippen LogP contribution < -0.4 is 0 Å². The molecule has 1 N–H and O–H groups in total. The van der Waals surface area contributed by atoms with Gasteiger partial charge in [-0.15, -0.1) is 0 Å². The van der Waals surface area contributed by atoms with Gasteiger partial charge in [0.15, 0.2) is 11.5 Å². The minimum atomic E-state index is -2.75. The van der Waals surface area contributed by atoms with Gasteiger partial charge in [0.1, 0.15) is 22.9 Å². The van der Waals surface area contributed by atoms with Crippen LogP contribution in [0.4, 0.5) is 8.78 Å². The van der Waals surface area contributed by atoms with Crippen LogP contribution in [-0.2, 0) is 0 Å². The van der Waals surface area contributed by atoms with Gasteiger partial charge in [-0.25, -0.2) is 23.7 Å². The molecule has 0 radical (unpaired) electrons. The lowest BCUT2D eigenvalue weighted by Crippen LogP contribution is -2.42. The highest BCUT2D eigenvalue weighted by atomic mass is 19.3. The monoisotopic (exact) mass is 450 g/mol. The quantitative estimate of drug-likeness (QED) is 0.602. The van der Waals surface area contributed by atoms with Crippen LogP contribution in [0, 0.1) is 23.2 Å². The fourth-order valence-electron chi connectivity index (χ4n) is 3.42. The van der Waals surface area contributed by atoms with E-state index < -0.39 is 17.4 Å². The molecule has 3 aromatic rings. The first-order chi connectivity index (χ1) is 15.6. The number of rotatable bonds is 2. The number of amides is 1. The summed E-state index contributed by atoms with van der Waals surface area (Å²) in [6, 6.07) is 6.70. The Hall–Kier alpha value is -3.89. The topological polar surface area (TPSA) is 108 Å². The first kappa shape index (κ1) is 22.3. The Morgan fingerprint density at radius 1 is 1.21 bits per heavy atom. The van der Waals surface area contributed by atoms with Crippen molar-refractivity contribution in [2.75, 3.05) is 13.1 Å². The number of aromatic nitrogens is 4. The Bertz CT molecular complexity index is 1310. The molecule has 0 unspecified atom stereocenters. The van der Waals surface area contributed by atoms with Gasteiger partial charge in [-0.05, 0) is 38.0 Å². The maximum Gasteiger partial charge on any atom is 0.255 e. The molecule has 1 amide bonds. The van der Waals surface area contributed by atoms with Gasteiger partial charge in [0.05, 0.1) is 17.4 Å². The van der Waals surface area contributed by atoms with E-state index in [0.717, 1.165) is 0 Å². The van der Waals surface area contributed by atoms with Crippen molar-refractivity contribution in [3.8, 4) is 23.6 Å². The van der Waals surface area contributed by atoms with Gasteiger partial charge >= 0.3 is 0 Å². The first-order valence-electron chi connectivity index (χ1n) is 10.2. The Balaban J connectivity index is 1.76. The number of nitrogens with zero attached hydrogens (tertiary/aromatic N) is 6. The second kappa shape index (κ2) is 8.23. The SMILES string of the molecule is CC(C)(O)C#Cc1nc2cc(C(=O)N3CCC(F)(F)CC3)cnc2n1-c1ccc(C#N)nc1. The predicted octanol–water partition coefficient (Wildman–Crippen LogP) is 2.68. The largest absolute Gasteiger partial charge is 0.378 e. The summed E-state index contributed by atoms with van der Waals surface area (Å²) in [6.07, 6.45) is 2.11. The third kappa shape index (κ3) is 4.81. The minimum Gasteiger partial charge on any atom is -0.378 e. The molecule has 1 aliphatic heterocycles. The fraction of sp³-hybridized carbons (Fsp3) is 0.348. The molecule has 1 saturated heterocycles. The molecule has 0 atom stereocenters. The third-order valence-corrected chi connectivity index (χ3v) is 5.13. The summed E-state index contributed by atoms with van der Waals surface area (Å²) >= 11 is 0. The molecule has 0 aliphatic carbocycles. The van der Waals surface area contributed by atoms with E-state index in [2.05, 4.69) is 26.8 Å². The van der Waals surface area contributed by atoms with Gasteiger partial charge in [-0.1, -0.05) is 5.92 Å². The number of hydrogen-bond acceptors (Lipinski definition) is 6. The summed E-state index contributed by atoms with van der Waals surface area (Å²) < 4.78 is 28.5. The number of imidazole rings is 1. The maximum absolute atomic E-state index is 13.4. The predicted molar refractivity (Wildman–Crippen MR) is 115 cm³/mol. The third-order valence-electron chi connectivity index (χ3n) is 5.13. The Kier molecular flexibility index (Phi) is 5.56. The number of carbonyl (C=O) groups excluding carboxylic acids is 1. The van der Waals surface area contributed by atoms with Crippen molar-refractivity contribution in [2.24, 2.45) is 0 Å². The second-order valence-electron chi connectivity index (χ2n) is 8.31. The standard InChI is InChI=1S/C23H20F2N6O2/c1-22(2,33)6-5-19-29-18-11-15(21(32)30-9-7-23(24,25)8-10-30)13-28-20(18)31(19)17-4-3-16(12-26)27-14-17/h3-4,11,13-14,33H,7-10H2,1-2H3. The summed E-state index contributed by atoms with van der Waals surface area (Å²) in [5, 5.41) is 19.0. The number of likely N-dealkylation sites (tertiary alicyclic amines) is 1. The maximum atomic E-state index is 13.4. The summed E-state index contributed by atoms with van der Waals surface area (Å²) in [4.78, 5) is 27.2. The molecule has 4 rings (SSSR count). The molecule has 10 heteroatoms. The number of alkyl halides is 2. The molecule has 0 bridgehead atoms. The van der Waals surface area contributed by atoms with E-state index in [-0.39, 0.29) is 43.0 Å². The average molecular weight is 450 g/mol. The van der Waals surface area contributed by atoms with Crippen LogP contribution in [0.2, 0.25) is 0 Å². The van der Waals surface area contributed by atoms with Gasteiger partial charge in [0, 0.05) is 32.1 Å². The molecule has 33 heavy (non-hydrogen) atoms. The Morgan fingerprint density at radius 2 is 1.94 bits per heavy atom. The molecule has 0 spiro atoms. The van der Waals surface area contributed by atoms with Gasteiger partial charge in [-0.3, -0.25) is 9.36 Å². The Labute approximate surface area is 188 Å². The fourth-order valence-corrected chi connectivity index (χ4v) is 3.42. The zero-order valence-electron chi connectivity index (χ0n) is 18.0. The number of hydrogen-bond donors (Lipinski definition) is 1. The highest BCUT2D eigenvalue weighted by molar-refractivity contribution is 5.96. The van der Waals surface area contributed by atoms with E-state index in [9.17, 15) is 18.7 Å². The lowest BCUT2D eigenvalue weighted by atomic mass is 10.1.